The van der Waals surface area contributed by atoms with Gasteiger partial charge < -0.3 is 9.80 Å². The second kappa shape index (κ2) is 7.55. The van der Waals surface area contributed by atoms with Crippen LogP contribution in [-0.4, -0.2) is 58.2 Å². The third kappa shape index (κ3) is 3.58. The fourth-order valence-corrected chi connectivity index (χ4v) is 4.21. The van der Waals surface area contributed by atoms with Crippen LogP contribution in [0.25, 0.3) is 0 Å². The molecule has 0 radical (unpaired) electrons. The zero-order valence-corrected chi connectivity index (χ0v) is 15.1. The number of rotatable bonds is 5. The maximum absolute atomic E-state index is 13.1. The Morgan fingerprint density at radius 1 is 1.38 bits per heavy atom. The van der Waals surface area contributed by atoms with E-state index in [2.05, 4.69) is 4.98 Å². The second-order valence-electron chi connectivity index (χ2n) is 6.78. The van der Waals surface area contributed by atoms with Crippen molar-refractivity contribution in [3.63, 3.8) is 0 Å². The van der Waals surface area contributed by atoms with E-state index in [9.17, 15) is 9.59 Å². The van der Waals surface area contributed by atoms with Gasteiger partial charge in [0.2, 0.25) is 11.8 Å². The van der Waals surface area contributed by atoms with E-state index in [4.69, 9.17) is 0 Å². The highest BCUT2D eigenvalue weighted by molar-refractivity contribution is 7.98. The van der Waals surface area contributed by atoms with Gasteiger partial charge in [0.1, 0.15) is 0 Å². The fourth-order valence-electron chi connectivity index (χ4n) is 3.83. The van der Waals surface area contributed by atoms with Gasteiger partial charge in [0, 0.05) is 50.7 Å². The normalized spacial score (nSPS) is 24.0. The molecule has 0 aromatic carbocycles. The summed E-state index contributed by atoms with van der Waals surface area (Å²) in [5, 5.41) is 0. The summed E-state index contributed by atoms with van der Waals surface area (Å²) in [7, 11) is 0. The van der Waals surface area contributed by atoms with Crippen molar-refractivity contribution in [1.29, 1.82) is 0 Å². The summed E-state index contributed by atoms with van der Waals surface area (Å²) in [6, 6.07) is 3.91. The average Bonchev–Trinajstić information content (AvgIpc) is 3.03. The SMILES string of the molecule is CSCCC(=O)N1CCC2(CCCN(Cc3cccnc3)C2=O)C1. The third-order valence-corrected chi connectivity index (χ3v) is 5.76. The number of carbonyl (C=O) groups is 2. The van der Waals surface area contributed by atoms with Crippen LogP contribution in [-0.2, 0) is 16.1 Å². The Balaban J connectivity index is 1.65. The molecule has 0 saturated carbocycles. The van der Waals surface area contributed by atoms with Gasteiger partial charge in [-0.1, -0.05) is 6.07 Å². The molecule has 2 aliphatic rings. The number of pyridine rings is 1. The number of thioether (sulfide) groups is 1. The predicted octanol–water partition coefficient (Wildman–Crippen LogP) is 2.18. The van der Waals surface area contributed by atoms with Crippen LogP contribution in [0.5, 0.6) is 0 Å². The number of nitrogens with zero attached hydrogens (tertiary/aromatic N) is 3. The van der Waals surface area contributed by atoms with Gasteiger partial charge in [-0.15, -0.1) is 0 Å². The summed E-state index contributed by atoms with van der Waals surface area (Å²) in [6.45, 7) is 2.74. The van der Waals surface area contributed by atoms with Gasteiger partial charge in [0.05, 0.1) is 5.41 Å². The van der Waals surface area contributed by atoms with Crippen LogP contribution in [0.2, 0.25) is 0 Å². The summed E-state index contributed by atoms with van der Waals surface area (Å²) in [5.41, 5.74) is 0.712. The summed E-state index contributed by atoms with van der Waals surface area (Å²) >= 11 is 1.69. The summed E-state index contributed by atoms with van der Waals surface area (Å²) in [6.07, 6.45) is 8.88. The molecule has 130 valence electrons. The zero-order chi connectivity index (χ0) is 17.0. The molecule has 0 aliphatic carbocycles. The van der Waals surface area contributed by atoms with E-state index in [1.165, 1.54) is 0 Å². The van der Waals surface area contributed by atoms with Crippen LogP contribution in [0.1, 0.15) is 31.2 Å². The van der Waals surface area contributed by atoms with Gasteiger partial charge in [-0.25, -0.2) is 0 Å². The van der Waals surface area contributed by atoms with Crippen molar-refractivity contribution >= 4 is 23.6 Å². The Bertz CT molecular complexity index is 595. The van der Waals surface area contributed by atoms with Crippen molar-refractivity contribution in [2.45, 2.75) is 32.2 Å². The fraction of sp³-hybridized carbons (Fsp3) is 0.611. The highest BCUT2D eigenvalue weighted by Crippen LogP contribution is 2.40. The molecule has 1 aromatic rings. The molecule has 1 spiro atoms. The molecule has 24 heavy (non-hydrogen) atoms. The van der Waals surface area contributed by atoms with Gasteiger partial charge in [-0.05, 0) is 37.1 Å². The van der Waals surface area contributed by atoms with E-state index in [1.54, 1.807) is 18.0 Å². The number of aromatic nitrogens is 1. The molecule has 0 N–H and O–H groups in total. The van der Waals surface area contributed by atoms with Gasteiger partial charge in [0.25, 0.3) is 0 Å². The minimum Gasteiger partial charge on any atom is -0.342 e. The highest BCUT2D eigenvalue weighted by atomic mass is 32.2. The number of carbonyl (C=O) groups excluding carboxylic acids is 2. The van der Waals surface area contributed by atoms with Crippen molar-refractivity contribution < 1.29 is 9.59 Å². The molecule has 1 aromatic heterocycles. The van der Waals surface area contributed by atoms with Crippen molar-refractivity contribution in [3.05, 3.63) is 30.1 Å². The Morgan fingerprint density at radius 2 is 2.25 bits per heavy atom. The summed E-state index contributed by atoms with van der Waals surface area (Å²) in [4.78, 5) is 33.4. The van der Waals surface area contributed by atoms with E-state index in [-0.39, 0.29) is 17.2 Å². The molecule has 1 atom stereocenters. The molecular weight excluding hydrogens is 322 g/mol. The first kappa shape index (κ1) is 17.3. The second-order valence-corrected chi connectivity index (χ2v) is 7.77. The first-order chi connectivity index (χ1) is 11.6. The molecule has 5 nitrogen and oxygen atoms in total. The maximum Gasteiger partial charge on any atom is 0.230 e. The highest BCUT2D eigenvalue weighted by Gasteiger charge is 2.49. The molecule has 3 rings (SSSR count). The summed E-state index contributed by atoms with van der Waals surface area (Å²) in [5.74, 6) is 1.26. The number of hydrogen-bond donors (Lipinski definition) is 0. The molecule has 2 amide bonds. The lowest BCUT2D eigenvalue weighted by Gasteiger charge is -2.39. The van der Waals surface area contributed by atoms with Gasteiger partial charge >= 0.3 is 0 Å². The largest absolute Gasteiger partial charge is 0.342 e. The number of piperidine rings is 1. The average molecular weight is 347 g/mol. The van der Waals surface area contributed by atoms with Gasteiger partial charge in [0.15, 0.2) is 0 Å². The molecule has 0 bridgehead atoms. The van der Waals surface area contributed by atoms with Crippen molar-refractivity contribution in [1.82, 2.24) is 14.8 Å². The van der Waals surface area contributed by atoms with Crippen LogP contribution in [0.3, 0.4) is 0 Å². The van der Waals surface area contributed by atoms with Crippen LogP contribution in [0, 0.1) is 5.41 Å². The molecule has 3 heterocycles. The monoisotopic (exact) mass is 347 g/mol. The van der Waals surface area contributed by atoms with Gasteiger partial charge in [-0.2, -0.15) is 11.8 Å². The third-order valence-electron chi connectivity index (χ3n) is 5.15. The first-order valence-electron chi connectivity index (χ1n) is 8.60. The lowest BCUT2D eigenvalue weighted by Crippen LogP contribution is -2.50. The Kier molecular flexibility index (Phi) is 5.43. The zero-order valence-electron chi connectivity index (χ0n) is 14.2. The van der Waals surface area contributed by atoms with E-state index in [0.29, 0.717) is 19.5 Å². The topological polar surface area (TPSA) is 53.5 Å². The molecule has 2 saturated heterocycles. The lowest BCUT2D eigenvalue weighted by molar-refractivity contribution is -0.146. The van der Waals surface area contributed by atoms with Gasteiger partial charge in [-0.3, -0.25) is 14.6 Å². The number of amides is 2. The Labute approximate surface area is 147 Å². The van der Waals surface area contributed by atoms with Crippen LogP contribution in [0.4, 0.5) is 0 Å². The minimum atomic E-state index is -0.352. The molecule has 2 fully saturated rings. The van der Waals surface area contributed by atoms with E-state index in [0.717, 1.165) is 43.7 Å². The quantitative estimate of drug-likeness (QED) is 0.819. The summed E-state index contributed by atoms with van der Waals surface area (Å²) < 4.78 is 0. The lowest BCUT2D eigenvalue weighted by atomic mass is 9.78. The molecule has 2 aliphatic heterocycles. The molecular formula is C18H25N3O2S. The standard InChI is InChI=1S/C18H25N3O2S/c1-24-11-5-16(22)21-10-7-18(14-21)6-3-9-20(17(18)23)13-15-4-2-8-19-12-15/h2,4,8,12H,3,5-7,9-11,13-14H2,1H3. The Hall–Kier alpha value is -1.56. The van der Waals surface area contributed by atoms with Crippen LogP contribution >= 0.6 is 11.8 Å². The van der Waals surface area contributed by atoms with Crippen LogP contribution < -0.4 is 0 Å². The first-order valence-corrected chi connectivity index (χ1v) is 9.99. The van der Waals surface area contributed by atoms with Crippen LogP contribution in [0.15, 0.2) is 24.5 Å². The van der Waals surface area contributed by atoms with Crippen molar-refractivity contribution in [2.24, 2.45) is 5.41 Å². The van der Waals surface area contributed by atoms with Crippen molar-refractivity contribution in [2.75, 3.05) is 31.6 Å². The van der Waals surface area contributed by atoms with E-state index in [1.807, 2.05) is 34.4 Å². The number of hydrogen-bond acceptors (Lipinski definition) is 4. The molecule has 1 unspecified atom stereocenters. The number of likely N-dealkylation sites (tertiary alicyclic amines) is 2. The maximum atomic E-state index is 13.1. The smallest absolute Gasteiger partial charge is 0.230 e. The predicted molar refractivity (Wildman–Crippen MR) is 95.5 cm³/mol. The minimum absolute atomic E-state index is 0.193. The van der Waals surface area contributed by atoms with E-state index >= 15 is 0 Å². The molecule has 6 heteroatoms. The van der Waals surface area contributed by atoms with E-state index < -0.39 is 0 Å². The Morgan fingerprint density at radius 3 is 3.00 bits per heavy atom. The van der Waals surface area contributed by atoms with Crippen molar-refractivity contribution in [3.8, 4) is 0 Å².